The van der Waals surface area contributed by atoms with E-state index in [9.17, 15) is 0 Å². The molecule has 118 valence electrons. The number of likely N-dealkylation sites (tertiary alicyclic amines) is 1. The number of furan rings is 1. The summed E-state index contributed by atoms with van der Waals surface area (Å²) < 4.78 is 5.95. The highest BCUT2D eigenvalue weighted by Crippen LogP contribution is 2.21. The molecule has 1 atom stereocenters. The lowest BCUT2D eigenvalue weighted by Gasteiger charge is -2.26. The summed E-state index contributed by atoms with van der Waals surface area (Å²) in [7, 11) is 0. The molecule has 1 aromatic rings. The van der Waals surface area contributed by atoms with E-state index in [1.807, 2.05) is 0 Å². The lowest BCUT2D eigenvalue weighted by Crippen LogP contribution is -2.37. The average molecular weight is 291 g/mol. The van der Waals surface area contributed by atoms with E-state index < -0.39 is 0 Å². The molecule has 1 aromatic heterocycles. The summed E-state index contributed by atoms with van der Waals surface area (Å²) in [6, 6.07) is 5.75. The van der Waals surface area contributed by atoms with Crippen LogP contribution in [-0.4, -0.2) is 48.1 Å². The van der Waals surface area contributed by atoms with E-state index in [0.29, 0.717) is 0 Å². The van der Waals surface area contributed by atoms with Gasteiger partial charge >= 0.3 is 0 Å². The smallest absolute Gasteiger partial charge is 0.118 e. The fraction of sp³-hybridized carbons (Fsp3) is 0.765. The van der Waals surface area contributed by atoms with Crippen LogP contribution in [0.5, 0.6) is 0 Å². The summed E-state index contributed by atoms with van der Waals surface area (Å²) in [5.41, 5.74) is 0. The second-order valence-corrected chi connectivity index (χ2v) is 6.42. The quantitative estimate of drug-likeness (QED) is 0.797. The van der Waals surface area contributed by atoms with Crippen LogP contribution in [0.4, 0.5) is 0 Å². The Bertz CT molecular complexity index is 437. The topological polar surface area (TPSA) is 31.6 Å². The predicted molar refractivity (Wildman–Crippen MR) is 85.2 cm³/mol. The molecule has 0 aromatic carbocycles. The molecular weight excluding hydrogens is 262 g/mol. The third kappa shape index (κ3) is 4.09. The molecule has 4 heteroatoms. The van der Waals surface area contributed by atoms with E-state index in [4.69, 9.17) is 4.42 Å². The molecule has 1 saturated heterocycles. The summed E-state index contributed by atoms with van der Waals surface area (Å²) in [6.45, 7) is 11.1. The zero-order valence-corrected chi connectivity index (χ0v) is 13.5. The fourth-order valence-corrected chi connectivity index (χ4v) is 3.35. The molecule has 4 nitrogen and oxygen atoms in total. The van der Waals surface area contributed by atoms with E-state index in [0.717, 1.165) is 49.8 Å². The highest BCUT2D eigenvalue weighted by molar-refractivity contribution is 5.08. The van der Waals surface area contributed by atoms with E-state index in [1.165, 1.54) is 32.4 Å². The maximum Gasteiger partial charge on any atom is 0.118 e. The molecule has 1 saturated carbocycles. The maximum atomic E-state index is 5.95. The molecule has 0 radical (unpaired) electrons. The molecule has 1 aliphatic heterocycles. The molecule has 0 spiro atoms. The largest absolute Gasteiger partial charge is 0.463 e. The Morgan fingerprint density at radius 2 is 1.95 bits per heavy atom. The standard InChI is InChI=1S/C17H29N3O/c1-3-20(4-2)15-9-10-19(12-15)13-17-8-7-16(21-17)11-18-14-5-6-14/h7-8,14-15,18H,3-6,9-13H2,1-2H3. The van der Waals surface area contributed by atoms with Crippen LogP contribution in [0.2, 0.25) is 0 Å². The molecule has 1 N–H and O–H groups in total. The van der Waals surface area contributed by atoms with Gasteiger partial charge in [-0.1, -0.05) is 13.8 Å². The van der Waals surface area contributed by atoms with Gasteiger partial charge < -0.3 is 9.73 Å². The van der Waals surface area contributed by atoms with E-state index >= 15 is 0 Å². The third-order valence-electron chi connectivity index (χ3n) is 4.82. The minimum Gasteiger partial charge on any atom is -0.463 e. The number of hydrogen-bond donors (Lipinski definition) is 1. The van der Waals surface area contributed by atoms with Crippen LogP contribution >= 0.6 is 0 Å². The van der Waals surface area contributed by atoms with Gasteiger partial charge in [-0.05, 0) is 44.5 Å². The van der Waals surface area contributed by atoms with Gasteiger partial charge in [0.1, 0.15) is 11.5 Å². The maximum absolute atomic E-state index is 5.95. The van der Waals surface area contributed by atoms with Gasteiger partial charge in [-0.3, -0.25) is 9.80 Å². The van der Waals surface area contributed by atoms with Gasteiger partial charge in [0.15, 0.2) is 0 Å². The van der Waals surface area contributed by atoms with Crippen LogP contribution in [-0.2, 0) is 13.1 Å². The van der Waals surface area contributed by atoms with Crippen LogP contribution in [0.25, 0.3) is 0 Å². The lowest BCUT2D eigenvalue weighted by atomic mass is 10.2. The van der Waals surface area contributed by atoms with Crippen molar-refractivity contribution in [1.82, 2.24) is 15.1 Å². The van der Waals surface area contributed by atoms with Crippen molar-refractivity contribution in [1.29, 1.82) is 0 Å². The zero-order valence-electron chi connectivity index (χ0n) is 13.5. The van der Waals surface area contributed by atoms with E-state index in [2.05, 4.69) is 41.1 Å². The molecule has 3 rings (SSSR count). The molecule has 1 aliphatic carbocycles. The number of rotatable bonds is 8. The Balaban J connectivity index is 1.45. The Morgan fingerprint density at radius 3 is 2.67 bits per heavy atom. The van der Waals surface area contributed by atoms with E-state index in [-0.39, 0.29) is 0 Å². The van der Waals surface area contributed by atoms with Gasteiger partial charge in [-0.15, -0.1) is 0 Å². The van der Waals surface area contributed by atoms with Gasteiger partial charge in [-0.2, -0.15) is 0 Å². The first-order valence-electron chi connectivity index (χ1n) is 8.55. The SMILES string of the molecule is CCN(CC)C1CCN(Cc2ccc(CNC3CC3)o2)C1. The molecule has 2 fully saturated rings. The summed E-state index contributed by atoms with van der Waals surface area (Å²) in [5.74, 6) is 2.19. The first kappa shape index (κ1) is 15.1. The van der Waals surface area contributed by atoms with Gasteiger partial charge in [0.05, 0.1) is 13.1 Å². The van der Waals surface area contributed by atoms with Crippen molar-refractivity contribution in [3.05, 3.63) is 23.7 Å². The van der Waals surface area contributed by atoms with Crippen LogP contribution in [0, 0.1) is 0 Å². The van der Waals surface area contributed by atoms with Gasteiger partial charge in [0.25, 0.3) is 0 Å². The van der Waals surface area contributed by atoms with Crippen molar-refractivity contribution >= 4 is 0 Å². The second kappa shape index (κ2) is 6.95. The number of likely N-dealkylation sites (N-methyl/N-ethyl adjacent to an activating group) is 1. The lowest BCUT2D eigenvalue weighted by molar-refractivity contribution is 0.204. The van der Waals surface area contributed by atoms with Crippen LogP contribution < -0.4 is 5.32 Å². The fourth-order valence-electron chi connectivity index (χ4n) is 3.35. The third-order valence-corrected chi connectivity index (χ3v) is 4.82. The van der Waals surface area contributed by atoms with Crippen molar-refractivity contribution in [2.24, 2.45) is 0 Å². The Hall–Kier alpha value is -0.840. The van der Waals surface area contributed by atoms with Crippen molar-refractivity contribution in [2.45, 2.75) is 58.3 Å². The Kier molecular flexibility index (Phi) is 4.99. The van der Waals surface area contributed by atoms with Crippen LogP contribution in [0.15, 0.2) is 16.5 Å². The van der Waals surface area contributed by atoms with Gasteiger partial charge in [0, 0.05) is 25.2 Å². The van der Waals surface area contributed by atoms with E-state index in [1.54, 1.807) is 0 Å². The average Bonchev–Trinajstić information content (AvgIpc) is 3.04. The molecule has 2 heterocycles. The highest BCUT2D eigenvalue weighted by atomic mass is 16.3. The normalized spacial score (nSPS) is 23.3. The Morgan fingerprint density at radius 1 is 1.19 bits per heavy atom. The molecule has 0 bridgehead atoms. The van der Waals surface area contributed by atoms with Crippen molar-refractivity contribution < 1.29 is 4.42 Å². The monoisotopic (exact) mass is 291 g/mol. The Labute approximate surface area is 128 Å². The van der Waals surface area contributed by atoms with Crippen LogP contribution in [0.3, 0.4) is 0 Å². The number of hydrogen-bond acceptors (Lipinski definition) is 4. The van der Waals surface area contributed by atoms with Gasteiger partial charge in [-0.25, -0.2) is 0 Å². The molecule has 1 unspecified atom stereocenters. The zero-order chi connectivity index (χ0) is 14.7. The first-order chi connectivity index (χ1) is 10.3. The molecule has 2 aliphatic rings. The molecular formula is C17H29N3O. The van der Waals surface area contributed by atoms with Crippen molar-refractivity contribution in [3.63, 3.8) is 0 Å². The first-order valence-corrected chi connectivity index (χ1v) is 8.55. The summed E-state index contributed by atoms with van der Waals surface area (Å²) in [6.07, 6.45) is 3.95. The van der Waals surface area contributed by atoms with Crippen molar-refractivity contribution in [3.8, 4) is 0 Å². The summed E-state index contributed by atoms with van der Waals surface area (Å²) >= 11 is 0. The minimum absolute atomic E-state index is 0.728. The minimum atomic E-state index is 0.728. The molecule has 21 heavy (non-hydrogen) atoms. The van der Waals surface area contributed by atoms with Gasteiger partial charge in [0.2, 0.25) is 0 Å². The summed E-state index contributed by atoms with van der Waals surface area (Å²) in [5, 5.41) is 3.50. The predicted octanol–water partition coefficient (Wildman–Crippen LogP) is 2.45. The number of nitrogens with one attached hydrogen (secondary N) is 1. The molecule has 0 amide bonds. The van der Waals surface area contributed by atoms with Crippen molar-refractivity contribution in [2.75, 3.05) is 26.2 Å². The summed E-state index contributed by atoms with van der Waals surface area (Å²) in [4.78, 5) is 5.10. The highest BCUT2D eigenvalue weighted by Gasteiger charge is 2.26. The number of nitrogens with zero attached hydrogens (tertiary/aromatic N) is 2. The second-order valence-electron chi connectivity index (χ2n) is 6.42. The van der Waals surface area contributed by atoms with Crippen LogP contribution in [0.1, 0.15) is 44.6 Å².